The summed E-state index contributed by atoms with van der Waals surface area (Å²) >= 11 is 8.31. The van der Waals surface area contributed by atoms with Crippen LogP contribution in [0.1, 0.15) is 0 Å². The Balaban J connectivity index is 1.89. The van der Waals surface area contributed by atoms with E-state index in [4.69, 9.17) is 0 Å². The molecule has 0 atom stereocenters. The van der Waals surface area contributed by atoms with Crippen LogP contribution in [0, 0.1) is 0 Å². The van der Waals surface area contributed by atoms with E-state index in [0.29, 0.717) is 0 Å². The molecule has 0 amide bonds. The summed E-state index contributed by atoms with van der Waals surface area (Å²) in [7, 11) is 0. The average molecular weight is 369 g/mol. The van der Waals surface area contributed by atoms with Crippen molar-refractivity contribution in [3.8, 4) is 21.3 Å². The van der Waals surface area contributed by atoms with E-state index in [1.54, 1.807) is 34.0 Å². The first kappa shape index (κ1) is 11.7. The van der Waals surface area contributed by atoms with Gasteiger partial charge in [0.1, 0.15) is 5.01 Å². The quantitative estimate of drug-likeness (QED) is 0.526. The summed E-state index contributed by atoms with van der Waals surface area (Å²) in [6.45, 7) is 0. The van der Waals surface area contributed by atoms with E-state index in [2.05, 4.69) is 48.1 Å². The van der Waals surface area contributed by atoms with Gasteiger partial charge in [-0.15, -0.1) is 21.5 Å². The maximum Gasteiger partial charge on any atom is 0.235 e. The molecule has 4 rings (SSSR count). The molecule has 0 aliphatic carbocycles. The first-order valence-corrected chi connectivity index (χ1v) is 8.69. The Kier molecular flexibility index (Phi) is 2.76. The van der Waals surface area contributed by atoms with Gasteiger partial charge >= 0.3 is 0 Å². The van der Waals surface area contributed by atoms with Crippen molar-refractivity contribution in [2.45, 2.75) is 0 Å². The van der Waals surface area contributed by atoms with Gasteiger partial charge in [-0.25, -0.2) is 0 Å². The van der Waals surface area contributed by atoms with Crippen molar-refractivity contribution < 1.29 is 0 Å². The zero-order chi connectivity index (χ0) is 12.8. The lowest BCUT2D eigenvalue weighted by Gasteiger charge is -1.90. The van der Waals surface area contributed by atoms with Crippen LogP contribution in [-0.4, -0.2) is 19.8 Å². The number of thiophene rings is 2. The van der Waals surface area contributed by atoms with Crippen molar-refractivity contribution in [3.05, 3.63) is 32.7 Å². The monoisotopic (exact) mass is 368 g/mol. The van der Waals surface area contributed by atoms with E-state index in [-0.39, 0.29) is 0 Å². The van der Waals surface area contributed by atoms with E-state index in [1.165, 1.54) is 0 Å². The molecule has 4 aromatic heterocycles. The van der Waals surface area contributed by atoms with Gasteiger partial charge in [0.25, 0.3) is 0 Å². The number of fused-ring (bicyclic) bond motifs is 1. The molecular weight excluding hydrogens is 364 g/mol. The Bertz CT molecular complexity index is 843. The third-order valence-electron chi connectivity index (χ3n) is 2.55. The summed E-state index contributed by atoms with van der Waals surface area (Å²) < 4.78 is 2.89. The van der Waals surface area contributed by atoms with Gasteiger partial charge in [0.15, 0.2) is 5.82 Å². The van der Waals surface area contributed by atoms with Crippen molar-refractivity contribution in [3.63, 3.8) is 0 Å². The number of rotatable bonds is 2. The molecule has 0 aromatic carbocycles. The topological polar surface area (TPSA) is 43.1 Å². The highest BCUT2D eigenvalue weighted by molar-refractivity contribution is 9.11. The molecule has 0 saturated heterocycles. The van der Waals surface area contributed by atoms with Crippen molar-refractivity contribution in [1.29, 1.82) is 0 Å². The summed E-state index contributed by atoms with van der Waals surface area (Å²) in [5, 5.41) is 18.1. The van der Waals surface area contributed by atoms with Crippen molar-refractivity contribution in [2.75, 3.05) is 0 Å². The van der Waals surface area contributed by atoms with Gasteiger partial charge in [0.05, 0.1) is 8.66 Å². The van der Waals surface area contributed by atoms with Crippen molar-refractivity contribution in [2.24, 2.45) is 0 Å². The third-order valence-corrected chi connectivity index (χ3v) is 5.80. The summed E-state index contributed by atoms with van der Waals surface area (Å²) in [4.78, 5) is 1.88. The van der Waals surface area contributed by atoms with Crippen LogP contribution in [0.4, 0.5) is 0 Å². The fraction of sp³-hybridized carbons (Fsp3) is 0. The minimum atomic E-state index is 0.795. The number of hydrogen-bond acceptors (Lipinski definition) is 6. The van der Waals surface area contributed by atoms with Crippen LogP contribution < -0.4 is 0 Å². The molecule has 4 aromatic rings. The van der Waals surface area contributed by atoms with Crippen LogP contribution >= 0.6 is 49.9 Å². The smallest absolute Gasteiger partial charge is 0.181 e. The molecule has 4 nitrogen and oxygen atoms in total. The largest absolute Gasteiger partial charge is 0.235 e. The molecule has 0 fully saturated rings. The minimum Gasteiger partial charge on any atom is -0.181 e. The van der Waals surface area contributed by atoms with Crippen LogP contribution in [-0.2, 0) is 0 Å². The lowest BCUT2D eigenvalue weighted by molar-refractivity contribution is 0.974. The zero-order valence-electron chi connectivity index (χ0n) is 9.28. The van der Waals surface area contributed by atoms with E-state index < -0.39 is 0 Å². The summed E-state index contributed by atoms with van der Waals surface area (Å²) in [6.07, 6.45) is 0. The first-order chi connectivity index (χ1) is 9.31. The van der Waals surface area contributed by atoms with Crippen LogP contribution in [0.25, 0.3) is 26.2 Å². The summed E-state index contributed by atoms with van der Waals surface area (Å²) in [5.41, 5.74) is 1.14. The lowest BCUT2D eigenvalue weighted by atomic mass is 10.4. The summed E-state index contributed by atoms with van der Waals surface area (Å²) in [5.74, 6) is 0.795. The Morgan fingerprint density at radius 1 is 1.11 bits per heavy atom. The maximum atomic E-state index is 4.61. The minimum absolute atomic E-state index is 0.795. The highest BCUT2D eigenvalue weighted by Gasteiger charge is 2.15. The van der Waals surface area contributed by atoms with Crippen LogP contribution in [0.15, 0.2) is 32.7 Å². The van der Waals surface area contributed by atoms with Gasteiger partial charge in [-0.2, -0.15) is 21.0 Å². The third kappa shape index (κ3) is 1.95. The molecule has 0 N–H and O–H groups in total. The highest BCUT2D eigenvalue weighted by Crippen LogP contribution is 2.33. The van der Waals surface area contributed by atoms with Gasteiger partial charge in [-0.05, 0) is 39.5 Å². The molecule has 19 heavy (non-hydrogen) atoms. The lowest BCUT2D eigenvalue weighted by Crippen LogP contribution is -1.88. The Hall–Kier alpha value is -1.09. The molecule has 4 heterocycles. The Labute approximate surface area is 128 Å². The maximum absolute atomic E-state index is 4.61. The van der Waals surface area contributed by atoms with Crippen molar-refractivity contribution in [1.82, 2.24) is 19.8 Å². The number of nitrogens with zero attached hydrogens (tertiary/aromatic N) is 4. The molecule has 8 heteroatoms. The normalized spacial score (nSPS) is 11.4. The average Bonchev–Trinajstić information content (AvgIpc) is 3.11. The van der Waals surface area contributed by atoms with Crippen LogP contribution in [0.2, 0.25) is 0 Å². The molecule has 0 saturated carbocycles. The van der Waals surface area contributed by atoms with E-state index in [0.717, 1.165) is 30.0 Å². The second-order valence-corrected chi connectivity index (χ2v) is 7.94. The molecule has 0 spiro atoms. The van der Waals surface area contributed by atoms with Gasteiger partial charge in [0, 0.05) is 10.9 Å². The first-order valence-electron chi connectivity index (χ1n) is 5.32. The molecule has 0 aliphatic heterocycles. The molecule has 94 valence electrons. The van der Waals surface area contributed by atoms with Gasteiger partial charge in [0.2, 0.25) is 4.96 Å². The fourth-order valence-corrected chi connectivity index (χ4v) is 4.61. The van der Waals surface area contributed by atoms with Gasteiger partial charge in [-0.3, -0.25) is 0 Å². The zero-order valence-corrected chi connectivity index (χ0v) is 13.3. The van der Waals surface area contributed by atoms with E-state index in [1.807, 2.05) is 16.6 Å². The second-order valence-electron chi connectivity index (χ2n) is 3.74. The van der Waals surface area contributed by atoms with Crippen molar-refractivity contribution >= 4 is 54.9 Å². The molecule has 0 unspecified atom stereocenters. The molecule has 0 aliphatic rings. The molecule has 0 bridgehead atoms. The Morgan fingerprint density at radius 2 is 2.05 bits per heavy atom. The highest BCUT2D eigenvalue weighted by atomic mass is 79.9. The number of hydrogen-bond donors (Lipinski definition) is 0. The van der Waals surface area contributed by atoms with Crippen LogP contribution in [0.5, 0.6) is 0 Å². The van der Waals surface area contributed by atoms with Crippen LogP contribution in [0.3, 0.4) is 0 Å². The Morgan fingerprint density at radius 3 is 2.79 bits per heavy atom. The predicted octanol–water partition coefficient (Wildman–Crippen LogP) is 4.41. The number of halogens is 1. The van der Waals surface area contributed by atoms with Gasteiger partial charge < -0.3 is 0 Å². The van der Waals surface area contributed by atoms with E-state index >= 15 is 0 Å². The second kappa shape index (κ2) is 4.48. The van der Waals surface area contributed by atoms with Gasteiger partial charge in [-0.1, -0.05) is 11.3 Å². The molecule has 0 radical (unpaired) electrons. The van der Waals surface area contributed by atoms with E-state index in [9.17, 15) is 0 Å². The predicted molar refractivity (Wildman–Crippen MR) is 83.0 cm³/mol. The number of aromatic nitrogens is 4. The molecular formula is C11H5BrN4S3. The standard InChI is InChI=1S/C11H5BrN4S3/c12-8-2-1-7(18-8)9-13-14-11-16(9)15-10(19-11)6-3-4-17-5-6/h1-5H. The SMILES string of the molecule is Brc1ccc(-c2nnc3sc(-c4ccsc4)nn23)s1. The summed E-state index contributed by atoms with van der Waals surface area (Å²) in [6, 6.07) is 6.10. The fourth-order valence-electron chi connectivity index (χ4n) is 1.71.